The third-order valence-corrected chi connectivity index (χ3v) is 5.46. The van der Waals surface area contributed by atoms with Crippen LogP contribution in [0.1, 0.15) is 35.2 Å². The van der Waals surface area contributed by atoms with Gasteiger partial charge in [0.25, 0.3) is 5.91 Å². The van der Waals surface area contributed by atoms with E-state index in [1.807, 2.05) is 24.1 Å². The highest BCUT2D eigenvalue weighted by Crippen LogP contribution is 2.37. The number of halogens is 1. The van der Waals surface area contributed by atoms with Crippen molar-refractivity contribution in [3.63, 3.8) is 0 Å². The first-order chi connectivity index (χ1) is 12.1. The molecule has 2 saturated heterocycles. The molecule has 1 amide bonds. The third-order valence-electron chi connectivity index (χ3n) is 5.14. The number of fused-ring (bicyclic) bond motifs is 2. The Balaban J connectivity index is 1.50. The van der Waals surface area contributed by atoms with E-state index in [4.69, 9.17) is 11.6 Å². The van der Waals surface area contributed by atoms with Crippen LogP contribution in [0.4, 0.5) is 0 Å². The highest BCUT2D eigenvalue weighted by atomic mass is 35.5. The Hall–Kier alpha value is -2.52. The molecular weight excluding hydrogens is 338 g/mol. The Labute approximate surface area is 151 Å². The molecule has 2 aliphatic rings. The number of nitrogens with zero attached hydrogens (tertiary/aromatic N) is 4. The summed E-state index contributed by atoms with van der Waals surface area (Å²) in [5.74, 6) is -0.191. The number of aromatic nitrogens is 2. The summed E-state index contributed by atoms with van der Waals surface area (Å²) < 4.78 is 1.73. The Morgan fingerprint density at radius 3 is 2.92 bits per heavy atom. The van der Waals surface area contributed by atoms with E-state index < -0.39 is 0 Å². The molecule has 0 radical (unpaired) electrons. The molecule has 6 nitrogen and oxygen atoms in total. The maximum atomic E-state index is 12.6. The van der Waals surface area contributed by atoms with E-state index in [0.29, 0.717) is 10.6 Å². The molecule has 2 aliphatic heterocycles. The summed E-state index contributed by atoms with van der Waals surface area (Å²) in [6.07, 6.45) is 8.73. The molecule has 1 aromatic carbocycles. The van der Waals surface area contributed by atoms with Crippen LogP contribution in [0.5, 0.6) is 0 Å². The number of carbonyl (C=O) groups excluding carboxylic acids is 1. The summed E-state index contributed by atoms with van der Waals surface area (Å²) in [5.41, 5.74) is 2.31. The molecule has 0 aliphatic carbocycles. The van der Waals surface area contributed by atoms with Crippen LogP contribution in [0.3, 0.4) is 0 Å². The average Bonchev–Trinajstić information content (AvgIpc) is 3.28. The minimum Gasteiger partial charge on any atom is -0.347 e. The number of nitriles is 1. The summed E-state index contributed by atoms with van der Waals surface area (Å²) in [4.78, 5) is 14.5. The largest absolute Gasteiger partial charge is 0.347 e. The zero-order valence-corrected chi connectivity index (χ0v) is 14.6. The van der Waals surface area contributed by atoms with Gasteiger partial charge in [-0.15, -0.1) is 0 Å². The lowest BCUT2D eigenvalue weighted by Gasteiger charge is -2.22. The van der Waals surface area contributed by atoms with E-state index >= 15 is 0 Å². The highest BCUT2D eigenvalue weighted by Gasteiger charge is 2.46. The first kappa shape index (κ1) is 16.0. The molecule has 4 rings (SSSR count). The fourth-order valence-corrected chi connectivity index (χ4v) is 4.19. The second kappa shape index (κ2) is 6.08. The first-order valence-corrected chi connectivity index (χ1v) is 8.75. The fraction of sp³-hybridized carbons (Fsp3) is 0.389. The van der Waals surface area contributed by atoms with Crippen LogP contribution in [-0.4, -0.2) is 38.7 Å². The second-order valence-corrected chi connectivity index (χ2v) is 7.16. The molecule has 7 heteroatoms. The van der Waals surface area contributed by atoms with Gasteiger partial charge in [0.15, 0.2) is 6.19 Å². The Morgan fingerprint density at radius 1 is 1.44 bits per heavy atom. The van der Waals surface area contributed by atoms with Crippen molar-refractivity contribution in [1.29, 1.82) is 5.26 Å². The van der Waals surface area contributed by atoms with E-state index in [1.54, 1.807) is 23.0 Å². The summed E-state index contributed by atoms with van der Waals surface area (Å²) in [6, 6.07) is 5.68. The van der Waals surface area contributed by atoms with Crippen LogP contribution in [0.2, 0.25) is 5.02 Å². The van der Waals surface area contributed by atoms with Gasteiger partial charge in [-0.2, -0.15) is 10.4 Å². The number of benzene rings is 1. The van der Waals surface area contributed by atoms with Crippen LogP contribution in [0, 0.1) is 18.4 Å². The lowest BCUT2D eigenvalue weighted by Crippen LogP contribution is -2.43. The van der Waals surface area contributed by atoms with Gasteiger partial charge in [0.1, 0.15) is 0 Å². The minimum atomic E-state index is -0.191. The predicted molar refractivity (Wildman–Crippen MR) is 93.4 cm³/mol. The van der Waals surface area contributed by atoms with Gasteiger partial charge in [0.2, 0.25) is 0 Å². The van der Waals surface area contributed by atoms with Gasteiger partial charge in [0, 0.05) is 12.2 Å². The maximum absolute atomic E-state index is 12.6. The number of hydrogen-bond donors (Lipinski definition) is 1. The molecule has 0 unspecified atom stereocenters. The van der Waals surface area contributed by atoms with E-state index in [9.17, 15) is 10.1 Å². The molecule has 3 atom stereocenters. The molecule has 3 heterocycles. The quantitative estimate of drug-likeness (QED) is 0.859. The molecular formula is C18H18ClN5O. The van der Waals surface area contributed by atoms with Gasteiger partial charge in [0.05, 0.1) is 34.6 Å². The SMILES string of the molecule is Cc1cnn(-c2ccc(C(=O)N[C@@H]3C[C@@H]4CC[C@H]3N4C#N)c(Cl)c2)c1. The van der Waals surface area contributed by atoms with Crippen molar-refractivity contribution in [1.82, 2.24) is 20.0 Å². The van der Waals surface area contributed by atoms with E-state index in [0.717, 1.165) is 30.5 Å². The summed E-state index contributed by atoms with van der Waals surface area (Å²) in [5, 5.41) is 16.9. The molecule has 1 N–H and O–H groups in total. The van der Waals surface area contributed by atoms with Gasteiger partial charge < -0.3 is 10.2 Å². The number of aryl methyl sites for hydroxylation is 1. The highest BCUT2D eigenvalue weighted by molar-refractivity contribution is 6.34. The summed E-state index contributed by atoms with van der Waals surface area (Å²) in [6.45, 7) is 1.97. The van der Waals surface area contributed by atoms with Crippen LogP contribution >= 0.6 is 11.6 Å². The monoisotopic (exact) mass is 355 g/mol. The van der Waals surface area contributed by atoms with Crippen molar-refractivity contribution in [2.45, 2.75) is 44.3 Å². The summed E-state index contributed by atoms with van der Waals surface area (Å²) in [7, 11) is 0. The predicted octanol–water partition coefficient (Wildman–Crippen LogP) is 2.65. The lowest BCUT2D eigenvalue weighted by molar-refractivity contribution is 0.0928. The molecule has 2 bridgehead atoms. The normalized spacial score (nSPS) is 24.4. The number of amides is 1. The van der Waals surface area contributed by atoms with Crippen molar-refractivity contribution in [2.24, 2.45) is 0 Å². The average molecular weight is 356 g/mol. The summed E-state index contributed by atoms with van der Waals surface area (Å²) >= 11 is 6.34. The standard InChI is InChI=1S/C18H18ClN5O/c1-11-8-21-24(9-11)13-2-4-14(15(19)6-13)18(25)22-16-7-12-3-5-17(16)23(12)10-20/h2,4,6,8-9,12,16-17H,3,5,7H2,1H3,(H,22,25)/t12-,16+,17+/m0/s1. The number of hydrogen-bond acceptors (Lipinski definition) is 4. The second-order valence-electron chi connectivity index (χ2n) is 6.75. The smallest absolute Gasteiger partial charge is 0.253 e. The van der Waals surface area contributed by atoms with E-state index in [-0.39, 0.29) is 24.0 Å². The molecule has 128 valence electrons. The number of rotatable bonds is 3. The molecule has 25 heavy (non-hydrogen) atoms. The number of nitrogens with one attached hydrogen (secondary N) is 1. The molecule has 2 aromatic rings. The van der Waals surface area contributed by atoms with Crippen LogP contribution in [0.15, 0.2) is 30.6 Å². The Bertz CT molecular complexity index is 871. The van der Waals surface area contributed by atoms with Gasteiger partial charge in [-0.25, -0.2) is 4.68 Å². The molecule has 1 aromatic heterocycles. The molecule has 0 spiro atoms. The van der Waals surface area contributed by atoms with Crippen LogP contribution < -0.4 is 5.32 Å². The van der Waals surface area contributed by atoms with Crippen molar-refractivity contribution in [2.75, 3.05) is 0 Å². The Morgan fingerprint density at radius 2 is 2.28 bits per heavy atom. The first-order valence-electron chi connectivity index (χ1n) is 8.37. The molecule has 2 fully saturated rings. The van der Waals surface area contributed by atoms with Gasteiger partial charge in [-0.3, -0.25) is 4.79 Å². The topological polar surface area (TPSA) is 74.0 Å². The minimum absolute atomic E-state index is 0.00964. The van der Waals surface area contributed by atoms with Gasteiger partial charge >= 0.3 is 0 Å². The molecule has 0 saturated carbocycles. The van der Waals surface area contributed by atoms with Crippen LogP contribution in [0.25, 0.3) is 5.69 Å². The van der Waals surface area contributed by atoms with Gasteiger partial charge in [-0.1, -0.05) is 11.6 Å². The van der Waals surface area contributed by atoms with E-state index in [1.165, 1.54) is 0 Å². The van der Waals surface area contributed by atoms with Crippen molar-refractivity contribution >= 4 is 17.5 Å². The van der Waals surface area contributed by atoms with Gasteiger partial charge in [-0.05, 0) is 49.9 Å². The fourth-order valence-electron chi connectivity index (χ4n) is 3.93. The number of carbonyl (C=O) groups is 1. The van der Waals surface area contributed by atoms with Crippen LogP contribution in [-0.2, 0) is 0 Å². The van der Waals surface area contributed by atoms with Crippen molar-refractivity contribution in [3.05, 3.63) is 46.7 Å². The maximum Gasteiger partial charge on any atom is 0.253 e. The lowest BCUT2D eigenvalue weighted by atomic mass is 9.95. The zero-order chi connectivity index (χ0) is 17.6. The zero-order valence-electron chi connectivity index (χ0n) is 13.8. The Kier molecular flexibility index (Phi) is 3.89. The van der Waals surface area contributed by atoms with Crippen molar-refractivity contribution < 1.29 is 4.79 Å². The third kappa shape index (κ3) is 2.75. The van der Waals surface area contributed by atoms with Crippen molar-refractivity contribution in [3.8, 4) is 11.9 Å². The van der Waals surface area contributed by atoms with E-state index in [2.05, 4.69) is 16.6 Å².